The number of esters is 2. The Labute approximate surface area is 313 Å². The van der Waals surface area contributed by atoms with E-state index in [0.29, 0.717) is 41.6 Å². The molecule has 9 heteroatoms. The zero-order chi connectivity index (χ0) is 38.6. The van der Waals surface area contributed by atoms with Gasteiger partial charge in [-0.2, -0.15) is 5.26 Å². The molecule has 5 aliphatic carbocycles. The molecule has 53 heavy (non-hydrogen) atoms. The molecular weight excluding hydrogens is 670 g/mol. The van der Waals surface area contributed by atoms with Gasteiger partial charge in [-0.05, 0) is 116 Å². The molecule has 0 heterocycles. The van der Waals surface area contributed by atoms with E-state index in [9.17, 15) is 24.8 Å². The van der Waals surface area contributed by atoms with Gasteiger partial charge in [-0.25, -0.2) is 4.79 Å². The van der Waals surface area contributed by atoms with Gasteiger partial charge >= 0.3 is 11.9 Å². The normalized spacial score (nSPS) is 33.4. The maximum Gasteiger partial charge on any atom is 0.348 e. The lowest BCUT2D eigenvalue weighted by Gasteiger charge is -2.70. The Morgan fingerprint density at radius 3 is 2.43 bits per heavy atom. The van der Waals surface area contributed by atoms with Crippen LogP contribution in [0, 0.1) is 44.3 Å². The molecule has 3 fully saturated rings. The summed E-state index contributed by atoms with van der Waals surface area (Å²) in [5, 5.41) is 19.8. The Bertz CT molecular complexity index is 1940. The van der Waals surface area contributed by atoms with E-state index in [0.717, 1.165) is 56.1 Å². The van der Waals surface area contributed by atoms with Gasteiger partial charge in [0.1, 0.15) is 23.1 Å². The highest BCUT2D eigenvalue weighted by Gasteiger charge is 2.67. The highest BCUT2D eigenvalue weighted by molar-refractivity contribution is 6.06. The van der Waals surface area contributed by atoms with E-state index in [-0.39, 0.29) is 51.4 Å². The molecule has 0 aliphatic heterocycles. The van der Waals surface area contributed by atoms with Crippen molar-refractivity contribution in [3.05, 3.63) is 75.6 Å². The minimum Gasteiger partial charge on any atom is -0.504 e. The Balaban J connectivity index is 1.12. The number of hydrogen-bond acceptors (Lipinski definition) is 9. The van der Waals surface area contributed by atoms with Crippen LogP contribution in [0.5, 0.6) is 11.5 Å². The molecule has 0 radical (unpaired) electrons. The lowest BCUT2D eigenvalue weighted by Crippen LogP contribution is -2.62. The highest BCUT2D eigenvalue weighted by atomic mass is 16.5. The van der Waals surface area contributed by atoms with Crippen LogP contribution in [-0.4, -0.2) is 50.3 Å². The van der Waals surface area contributed by atoms with Gasteiger partial charge in [0, 0.05) is 29.0 Å². The number of aliphatic hydroxyl groups excluding tert-OH is 1. The SMILES string of the molecule is COC(=O)/C(C#N)=C/c1ccc(OCCCOC(=O)[C@]2(C)CC[C@]3(C)CC[C@]4(C)C5=CC=C6C(=CC(=O)C(O)=C6C)[C@]5(C)CC[C@@]4(C)[C@@H]3C2)cc1OC. The summed E-state index contributed by atoms with van der Waals surface area (Å²) in [6.45, 7) is 14.1. The van der Waals surface area contributed by atoms with Crippen molar-refractivity contribution in [3.8, 4) is 17.6 Å². The van der Waals surface area contributed by atoms with E-state index < -0.39 is 11.4 Å². The summed E-state index contributed by atoms with van der Waals surface area (Å²) in [6.07, 6.45) is 14.6. The second-order valence-corrected chi connectivity index (χ2v) is 17.0. The number of fused-ring (bicyclic) bond motifs is 7. The zero-order valence-electron chi connectivity index (χ0n) is 32.4. The maximum atomic E-state index is 13.9. The summed E-state index contributed by atoms with van der Waals surface area (Å²) in [6, 6.07) is 6.95. The molecule has 1 N–H and O–H groups in total. The topological polar surface area (TPSA) is 132 Å². The molecule has 3 saturated carbocycles. The molecule has 0 saturated heterocycles. The van der Waals surface area contributed by atoms with Crippen LogP contribution in [0.3, 0.4) is 0 Å². The lowest BCUT2D eigenvalue weighted by atomic mass is 9.34. The van der Waals surface area contributed by atoms with Gasteiger partial charge in [0.15, 0.2) is 5.76 Å². The van der Waals surface area contributed by atoms with Gasteiger partial charge < -0.3 is 24.1 Å². The van der Waals surface area contributed by atoms with E-state index in [1.54, 1.807) is 24.3 Å². The summed E-state index contributed by atoms with van der Waals surface area (Å²) in [7, 11) is 2.72. The van der Waals surface area contributed by atoms with Crippen LogP contribution in [-0.2, 0) is 23.9 Å². The highest BCUT2D eigenvalue weighted by Crippen LogP contribution is 2.75. The first-order valence-electron chi connectivity index (χ1n) is 18.8. The molecule has 0 bridgehead atoms. The van der Waals surface area contributed by atoms with Crippen molar-refractivity contribution in [3.63, 3.8) is 0 Å². The zero-order valence-corrected chi connectivity index (χ0v) is 32.4. The third kappa shape index (κ3) is 6.12. The van der Waals surface area contributed by atoms with Crippen LogP contribution in [0.4, 0.5) is 0 Å². The molecule has 5 aliphatic rings. The van der Waals surface area contributed by atoms with E-state index in [1.165, 1.54) is 25.9 Å². The van der Waals surface area contributed by atoms with Crippen LogP contribution in [0.25, 0.3) is 6.08 Å². The Hall–Kier alpha value is -4.58. The number of ketones is 1. The number of carbonyl (C=O) groups excluding carboxylic acids is 3. The first kappa shape index (κ1) is 38.2. The van der Waals surface area contributed by atoms with Crippen molar-refractivity contribution in [2.24, 2.45) is 33.0 Å². The average Bonchev–Trinajstić information content (AvgIpc) is 3.14. The molecule has 0 spiro atoms. The van der Waals surface area contributed by atoms with Crippen LogP contribution < -0.4 is 9.47 Å². The Kier molecular flexibility index (Phi) is 9.85. The molecule has 1 aromatic rings. The number of methoxy groups -OCH3 is 2. The van der Waals surface area contributed by atoms with E-state index in [1.807, 2.05) is 13.0 Å². The predicted molar refractivity (Wildman–Crippen MR) is 201 cm³/mol. The van der Waals surface area contributed by atoms with Crippen LogP contribution in [0.2, 0.25) is 0 Å². The van der Waals surface area contributed by atoms with Crippen LogP contribution >= 0.6 is 0 Å². The molecule has 9 nitrogen and oxygen atoms in total. The fourth-order valence-corrected chi connectivity index (χ4v) is 10.5. The second-order valence-electron chi connectivity index (χ2n) is 17.0. The summed E-state index contributed by atoms with van der Waals surface area (Å²) in [4.78, 5) is 38.5. The first-order valence-corrected chi connectivity index (χ1v) is 18.8. The maximum absolute atomic E-state index is 13.9. The van der Waals surface area contributed by atoms with E-state index >= 15 is 0 Å². The van der Waals surface area contributed by atoms with Crippen LogP contribution in [0.15, 0.2) is 70.1 Å². The standard InChI is InChI=1S/C44H53NO8/c1-27-31-12-13-35-42(4,32(31)24-33(46)37(27)47)17-19-44(6)36-25-41(3,15-14-40(36,2)16-18-43(35,44)5)39(49)53-21-9-20-52-30-11-10-28(34(23-30)50-7)22-29(26-45)38(48)51-8/h10-13,22-24,36,47H,9,14-21,25H2,1-8H3/b29-22+/t36-,40-,41-,42+,43-,44+/m1/s1. The average molecular weight is 724 g/mol. The van der Waals surface area contributed by atoms with Crippen molar-refractivity contribution < 1.29 is 38.4 Å². The van der Waals surface area contributed by atoms with Crippen molar-refractivity contribution in [1.29, 1.82) is 5.26 Å². The molecule has 0 amide bonds. The van der Waals surface area contributed by atoms with Gasteiger partial charge in [0.2, 0.25) is 5.78 Å². The monoisotopic (exact) mass is 723 g/mol. The fourth-order valence-electron chi connectivity index (χ4n) is 10.5. The minimum atomic E-state index is -0.727. The number of allylic oxidation sites excluding steroid dienone is 7. The minimum absolute atomic E-state index is 0.0549. The number of rotatable bonds is 9. The van der Waals surface area contributed by atoms with Gasteiger partial charge in [-0.15, -0.1) is 0 Å². The number of hydrogen-bond donors (Lipinski definition) is 1. The lowest BCUT2D eigenvalue weighted by molar-refractivity contribution is -0.182. The number of nitriles is 1. The number of nitrogens with zero attached hydrogens (tertiary/aromatic N) is 1. The molecular formula is C44H53NO8. The Morgan fingerprint density at radius 2 is 1.74 bits per heavy atom. The largest absolute Gasteiger partial charge is 0.504 e. The number of ether oxygens (including phenoxy) is 4. The van der Waals surface area contributed by atoms with Gasteiger partial charge in [-0.3, -0.25) is 9.59 Å². The molecule has 0 aromatic heterocycles. The smallest absolute Gasteiger partial charge is 0.348 e. The molecule has 1 aromatic carbocycles. The third-order valence-corrected chi connectivity index (χ3v) is 14.2. The summed E-state index contributed by atoms with van der Waals surface area (Å²) in [5.41, 5.74) is 3.49. The molecule has 6 atom stereocenters. The van der Waals surface area contributed by atoms with Crippen molar-refractivity contribution in [2.75, 3.05) is 27.4 Å². The first-order chi connectivity index (χ1) is 25.0. The third-order valence-electron chi connectivity index (χ3n) is 14.2. The van der Waals surface area contributed by atoms with Gasteiger partial charge in [-0.1, -0.05) is 45.4 Å². The quantitative estimate of drug-likeness (QED) is 0.115. The number of aliphatic hydroxyl groups is 1. The van der Waals surface area contributed by atoms with Crippen molar-refractivity contribution >= 4 is 23.8 Å². The second kappa shape index (κ2) is 13.7. The van der Waals surface area contributed by atoms with Crippen LogP contribution in [0.1, 0.15) is 98.5 Å². The van der Waals surface area contributed by atoms with E-state index in [4.69, 9.17) is 14.2 Å². The van der Waals surface area contributed by atoms with Gasteiger partial charge in [0.05, 0.1) is 32.8 Å². The van der Waals surface area contributed by atoms with Gasteiger partial charge in [0.25, 0.3) is 0 Å². The summed E-state index contributed by atoms with van der Waals surface area (Å²) < 4.78 is 22.0. The number of benzene rings is 1. The van der Waals surface area contributed by atoms with E-state index in [2.05, 4.69) is 51.5 Å². The number of carbonyl (C=O) groups is 3. The molecule has 282 valence electrons. The van der Waals surface area contributed by atoms with Crippen molar-refractivity contribution in [2.45, 2.75) is 92.9 Å². The fraction of sp³-hybridized carbons (Fsp3) is 0.545. The summed E-state index contributed by atoms with van der Waals surface area (Å²) >= 11 is 0. The Morgan fingerprint density at radius 1 is 1.00 bits per heavy atom. The summed E-state index contributed by atoms with van der Waals surface area (Å²) in [5.74, 6) is -0.0364. The molecule has 0 unspecified atom stereocenters. The predicted octanol–water partition coefficient (Wildman–Crippen LogP) is 8.71. The molecule has 6 rings (SSSR count). The van der Waals surface area contributed by atoms with Crippen molar-refractivity contribution in [1.82, 2.24) is 0 Å².